The quantitative estimate of drug-likeness (QED) is 0.0973. The van der Waals surface area contributed by atoms with Crippen molar-refractivity contribution in [1.29, 1.82) is 10.5 Å². The van der Waals surface area contributed by atoms with Crippen LogP contribution < -0.4 is 9.80 Å². The largest absolute Gasteiger partial charge is 0.310 e. The van der Waals surface area contributed by atoms with Gasteiger partial charge in [-0.25, -0.2) is 16.7 Å². The summed E-state index contributed by atoms with van der Waals surface area (Å²) in [5.41, 5.74) is 18.7. The summed E-state index contributed by atoms with van der Waals surface area (Å²) in [7, 11) is 0. The summed E-state index contributed by atoms with van der Waals surface area (Å²) in [6.07, 6.45) is 3.50. The standard InChI is InChI=1S/C35H21N3.C32H21NO.C5H5N.C3H2N2/c1-37-31(23-36)34-25-15-5-7-17-27(25)35(28-18-8-6-16-26(28)34)29-19-9-11-21-32(29)38(24-13-3-2-4-14-24)33-22-12-10-20-30(33)35;34-31-23-14-4-6-16-25(23)32(26-17-7-5-15-24(26)31)27-18-8-10-20-29(27)33(22-12-2-1-3-13-22)30-21-11-9-19-28(30)32;1-2-4-6-5-3-1;1-5-3-2-4/h2-22H;1-21H;1-5H;3H2. The minimum Gasteiger partial charge on any atom is -0.310 e. The van der Waals surface area contributed by atoms with E-state index in [9.17, 15) is 10.1 Å². The Morgan fingerprint density at radius 2 is 0.699 bits per heavy atom. The number of rotatable bonds is 2. The molecule has 15 rings (SSSR count). The van der Waals surface area contributed by atoms with Gasteiger partial charge in [-0.15, -0.1) is 0 Å². The fraction of sp³-hybridized carbons (Fsp3) is 0.0400. The molecule has 0 bridgehead atoms. The summed E-state index contributed by atoms with van der Waals surface area (Å²) in [5, 5.41) is 17.6. The Morgan fingerprint density at radius 1 is 0.398 bits per heavy atom. The molecule has 83 heavy (non-hydrogen) atoms. The SMILES string of the molecule is O=C1c2ccccc2C2(c3ccccc31)c1ccccc1N(c1ccccc1)c1ccccc12.[C-]#[N+]C(C#N)=C1c2ccccc2C2(c3ccccc31)c1ccccc1N(c1ccccc1)c1ccccc12.[C-]#[N+]CC#N.c1ccncc1. The van der Waals surface area contributed by atoms with E-state index in [-0.39, 0.29) is 18.0 Å². The third-order valence-electron chi connectivity index (χ3n) is 15.7. The van der Waals surface area contributed by atoms with Crippen molar-refractivity contribution in [2.24, 2.45) is 0 Å². The first kappa shape index (κ1) is 52.0. The average molecular weight is 1060 g/mol. The van der Waals surface area contributed by atoms with Crippen LogP contribution in [0.4, 0.5) is 34.1 Å². The number of carbonyl (C=O) groups excluding carboxylic acids is 1. The van der Waals surface area contributed by atoms with Crippen LogP contribution in [-0.4, -0.2) is 17.3 Å². The fourth-order valence-corrected chi connectivity index (χ4v) is 12.8. The second-order valence-electron chi connectivity index (χ2n) is 19.9. The summed E-state index contributed by atoms with van der Waals surface area (Å²) in [4.78, 5) is 28.5. The monoisotopic (exact) mass is 1060 g/mol. The van der Waals surface area contributed by atoms with E-state index in [1.165, 1.54) is 22.3 Å². The van der Waals surface area contributed by atoms with Gasteiger partial charge in [-0.05, 0) is 116 Å². The summed E-state index contributed by atoms with van der Waals surface area (Å²) in [6.45, 7) is 13.8. The number of carbonyl (C=O) groups is 1. The number of fused-ring (bicyclic) bond motifs is 16. The van der Waals surface area contributed by atoms with Gasteiger partial charge >= 0.3 is 0 Å². The molecule has 0 unspecified atom stereocenters. The smallest absolute Gasteiger partial charge is 0.298 e. The molecule has 3 heterocycles. The first-order valence-corrected chi connectivity index (χ1v) is 27.1. The molecule has 2 spiro atoms. The number of pyridine rings is 1. The number of benzene rings is 10. The molecule has 0 saturated carbocycles. The number of hydrogen-bond acceptors (Lipinski definition) is 6. The van der Waals surface area contributed by atoms with E-state index in [2.05, 4.69) is 237 Å². The molecule has 0 atom stereocenters. The van der Waals surface area contributed by atoms with Gasteiger partial charge in [0.2, 0.25) is 0 Å². The number of anilines is 6. The molecule has 0 amide bonds. The van der Waals surface area contributed by atoms with Gasteiger partial charge in [-0.1, -0.05) is 212 Å². The normalized spacial score (nSPS) is 13.2. The zero-order valence-corrected chi connectivity index (χ0v) is 44.9. The van der Waals surface area contributed by atoms with E-state index in [4.69, 9.17) is 18.4 Å². The maximum absolute atomic E-state index is 13.6. The number of aromatic nitrogens is 1. The number of para-hydroxylation sites is 6. The summed E-state index contributed by atoms with van der Waals surface area (Å²) >= 11 is 0. The molecule has 11 aromatic rings. The van der Waals surface area contributed by atoms with Crippen LogP contribution in [0.15, 0.2) is 291 Å². The van der Waals surface area contributed by atoms with Crippen LogP contribution in [-0.2, 0) is 10.8 Å². The Labute approximate surface area is 483 Å². The highest BCUT2D eigenvalue weighted by Gasteiger charge is 2.53. The van der Waals surface area contributed by atoms with Crippen molar-refractivity contribution in [3.05, 3.63) is 381 Å². The molecule has 0 fully saturated rings. The molecule has 0 saturated heterocycles. The Hall–Kier alpha value is -11.7. The molecule has 1 aromatic heterocycles. The number of ketones is 1. The van der Waals surface area contributed by atoms with E-state index in [1.807, 2.05) is 66.7 Å². The van der Waals surface area contributed by atoms with Gasteiger partial charge in [-0.3, -0.25) is 9.78 Å². The van der Waals surface area contributed by atoms with Crippen molar-refractivity contribution in [2.45, 2.75) is 10.8 Å². The molecule has 2 aliphatic heterocycles. The number of nitrogens with zero attached hydrogens (tertiary/aromatic N) is 7. The van der Waals surface area contributed by atoms with Crippen LogP contribution in [0.1, 0.15) is 71.6 Å². The first-order chi connectivity index (χ1) is 41.0. The van der Waals surface area contributed by atoms with E-state index >= 15 is 0 Å². The zero-order chi connectivity index (χ0) is 56.8. The molecule has 10 aromatic carbocycles. The average Bonchev–Trinajstić information content (AvgIpc) is 0.805. The van der Waals surface area contributed by atoms with Crippen molar-refractivity contribution in [1.82, 2.24) is 4.98 Å². The number of allylic oxidation sites excluding steroid dienone is 1. The second-order valence-corrected chi connectivity index (χ2v) is 19.9. The Bertz CT molecular complexity index is 4210. The predicted molar refractivity (Wildman–Crippen MR) is 329 cm³/mol. The van der Waals surface area contributed by atoms with Crippen molar-refractivity contribution < 1.29 is 4.79 Å². The second kappa shape index (κ2) is 22.6. The maximum atomic E-state index is 13.6. The van der Waals surface area contributed by atoms with Gasteiger partial charge in [-0.2, -0.15) is 5.26 Å². The third kappa shape index (κ3) is 8.52. The molecule has 8 heteroatoms. The van der Waals surface area contributed by atoms with Gasteiger partial charge in [0.1, 0.15) is 6.07 Å². The molecule has 0 radical (unpaired) electrons. The molecule has 8 nitrogen and oxygen atoms in total. The first-order valence-electron chi connectivity index (χ1n) is 27.1. The number of hydrogen-bond donors (Lipinski definition) is 0. The highest BCUT2D eigenvalue weighted by Crippen LogP contribution is 2.63. The van der Waals surface area contributed by atoms with Crippen LogP contribution in [0.2, 0.25) is 0 Å². The van der Waals surface area contributed by atoms with E-state index in [0.29, 0.717) is 5.57 Å². The zero-order valence-electron chi connectivity index (χ0n) is 44.9. The predicted octanol–water partition coefficient (Wildman–Crippen LogP) is 17.3. The van der Waals surface area contributed by atoms with Crippen LogP contribution in [0.25, 0.3) is 15.3 Å². The Balaban J connectivity index is 0.000000139. The minimum absolute atomic E-state index is 0.0139. The maximum Gasteiger partial charge on any atom is 0.298 e. The van der Waals surface area contributed by atoms with Gasteiger partial charge in [0.15, 0.2) is 5.78 Å². The molecular formula is C75H49N7O. The van der Waals surface area contributed by atoms with Crippen molar-refractivity contribution in [2.75, 3.05) is 16.3 Å². The lowest BCUT2D eigenvalue weighted by molar-refractivity contribution is 0.103. The summed E-state index contributed by atoms with van der Waals surface area (Å²) in [5.74, 6) is 0.0947. The lowest BCUT2D eigenvalue weighted by Crippen LogP contribution is -2.42. The van der Waals surface area contributed by atoms with Crippen molar-refractivity contribution >= 4 is 45.5 Å². The fourth-order valence-electron chi connectivity index (χ4n) is 12.8. The van der Waals surface area contributed by atoms with Gasteiger partial charge in [0, 0.05) is 40.5 Å². The molecule has 2 aliphatic carbocycles. The summed E-state index contributed by atoms with van der Waals surface area (Å²) < 4.78 is 0. The molecule has 390 valence electrons. The van der Waals surface area contributed by atoms with Crippen LogP contribution >= 0.6 is 0 Å². The van der Waals surface area contributed by atoms with Crippen LogP contribution in [0.3, 0.4) is 0 Å². The van der Waals surface area contributed by atoms with Gasteiger partial charge in [0.25, 0.3) is 12.2 Å². The Morgan fingerprint density at radius 3 is 0.988 bits per heavy atom. The van der Waals surface area contributed by atoms with E-state index < -0.39 is 10.8 Å². The third-order valence-corrected chi connectivity index (χ3v) is 15.7. The highest BCUT2D eigenvalue weighted by atomic mass is 16.1. The van der Waals surface area contributed by atoms with Crippen molar-refractivity contribution in [3.8, 4) is 12.1 Å². The lowest BCUT2D eigenvalue weighted by atomic mass is 9.57. The summed E-state index contributed by atoms with van der Waals surface area (Å²) in [6, 6.07) is 97.8. The number of nitriles is 2. The Kier molecular flexibility index (Phi) is 14.2. The highest BCUT2D eigenvalue weighted by molar-refractivity contribution is 6.15. The molecule has 0 N–H and O–H groups in total. The van der Waals surface area contributed by atoms with Crippen molar-refractivity contribution in [3.63, 3.8) is 0 Å². The van der Waals surface area contributed by atoms with Crippen LogP contribution in [0, 0.1) is 35.8 Å². The van der Waals surface area contributed by atoms with E-state index in [0.717, 1.165) is 78.6 Å². The minimum atomic E-state index is -0.627. The lowest BCUT2D eigenvalue weighted by Gasteiger charge is -2.49. The van der Waals surface area contributed by atoms with E-state index in [1.54, 1.807) is 18.5 Å². The van der Waals surface area contributed by atoms with Gasteiger partial charge in [0.05, 0.1) is 46.2 Å². The van der Waals surface area contributed by atoms with Crippen LogP contribution in [0.5, 0.6) is 0 Å². The molecular weight excluding hydrogens is 1010 g/mol. The topological polar surface area (TPSA) is 92.7 Å². The molecule has 4 aliphatic rings. The van der Waals surface area contributed by atoms with Gasteiger partial charge < -0.3 is 14.6 Å².